The van der Waals surface area contributed by atoms with Crippen LogP contribution in [0.15, 0.2) is 4.99 Å². The van der Waals surface area contributed by atoms with Gasteiger partial charge in [-0.05, 0) is 32.1 Å². The maximum atomic E-state index is 12.8. The summed E-state index contributed by atoms with van der Waals surface area (Å²) < 4.78 is 0. The summed E-state index contributed by atoms with van der Waals surface area (Å²) in [5, 5.41) is 35.4. The van der Waals surface area contributed by atoms with E-state index >= 15 is 0 Å². The van der Waals surface area contributed by atoms with Crippen LogP contribution >= 0.6 is 0 Å². The average Bonchev–Trinajstić information content (AvgIpc) is 2.71. The molecule has 14 heteroatoms. The molecule has 0 saturated heterocycles. The molecule has 0 aromatic carbocycles. The quantitative estimate of drug-likeness (QED) is 0.0636. The molecule has 0 aliphatic carbocycles. The minimum Gasteiger partial charge on any atom is -0.480 e. The Bertz CT molecular complexity index is 696. The lowest BCUT2D eigenvalue weighted by Gasteiger charge is -2.26. The van der Waals surface area contributed by atoms with Crippen LogP contribution in [-0.4, -0.2) is 88.4 Å². The fourth-order valence-electron chi connectivity index (χ4n) is 2.75. The van der Waals surface area contributed by atoms with Crippen molar-refractivity contribution in [2.45, 2.75) is 70.3 Å². The Morgan fingerprint density at radius 1 is 0.939 bits per heavy atom. The SMILES string of the molecule is CC(C)CC(NC(=O)C(NC(=O)C(CCCN=C(N)N)NC(=O)C(N)CO)C(C)O)C(=O)O. The number of carboxylic acids is 1. The summed E-state index contributed by atoms with van der Waals surface area (Å²) >= 11 is 0. The second kappa shape index (κ2) is 15.0. The van der Waals surface area contributed by atoms with Crippen LogP contribution in [0, 0.1) is 5.92 Å². The fourth-order valence-corrected chi connectivity index (χ4v) is 2.75. The Labute approximate surface area is 192 Å². The van der Waals surface area contributed by atoms with Gasteiger partial charge in [-0.1, -0.05) is 13.8 Å². The summed E-state index contributed by atoms with van der Waals surface area (Å²) in [6.45, 7) is 4.31. The Kier molecular flexibility index (Phi) is 13.6. The number of amides is 3. The number of aliphatic imine (C=N–C) groups is 1. The molecule has 5 atom stereocenters. The second-order valence-corrected chi connectivity index (χ2v) is 8.05. The number of rotatable bonds is 15. The summed E-state index contributed by atoms with van der Waals surface area (Å²) in [6.07, 6.45) is -0.915. The number of aliphatic hydroxyl groups is 2. The third kappa shape index (κ3) is 12.0. The van der Waals surface area contributed by atoms with Crippen molar-refractivity contribution in [3.8, 4) is 0 Å². The van der Waals surface area contributed by atoms with E-state index in [2.05, 4.69) is 20.9 Å². The van der Waals surface area contributed by atoms with E-state index in [9.17, 15) is 29.4 Å². The van der Waals surface area contributed by atoms with Crippen LogP contribution in [0.2, 0.25) is 0 Å². The molecule has 0 radical (unpaired) electrons. The van der Waals surface area contributed by atoms with Gasteiger partial charge in [0.15, 0.2) is 5.96 Å². The summed E-state index contributed by atoms with van der Waals surface area (Å²) in [6, 6.07) is -5.17. The van der Waals surface area contributed by atoms with Crippen LogP contribution in [0.4, 0.5) is 0 Å². The van der Waals surface area contributed by atoms with Gasteiger partial charge in [0.25, 0.3) is 0 Å². The molecule has 3 amide bonds. The first kappa shape index (κ1) is 30.0. The van der Waals surface area contributed by atoms with E-state index in [1.807, 2.05) is 0 Å². The number of nitrogens with two attached hydrogens (primary N) is 3. The number of hydrogen-bond donors (Lipinski definition) is 9. The van der Waals surface area contributed by atoms with Crippen LogP contribution in [0.25, 0.3) is 0 Å². The predicted octanol–water partition coefficient (Wildman–Crippen LogP) is -3.67. The molecule has 0 aliphatic heterocycles. The first-order valence-electron chi connectivity index (χ1n) is 10.5. The Morgan fingerprint density at radius 3 is 1.97 bits per heavy atom. The zero-order valence-corrected chi connectivity index (χ0v) is 19.2. The van der Waals surface area contributed by atoms with Crippen molar-refractivity contribution in [2.75, 3.05) is 13.2 Å². The Morgan fingerprint density at radius 2 is 1.52 bits per heavy atom. The van der Waals surface area contributed by atoms with Crippen molar-refractivity contribution in [1.82, 2.24) is 16.0 Å². The van der Waals surface area contributed by atoms with Crippen LogP contribution in [0.1, 0.15) is 40.0 Å². The molecule has 14 nitrogen and oxygen atoms in total. The zero-order chi connectivity index (χ0) is 25.7. The number of aliphatic hydroxyl groups excluding tert-OH is 2. The van der Waals surface area contributed by atoms with Gasteiger partial charge in [0.2, 0.25) is 17.7 Å². The number of carboxylic acid groups (broad SMARTS) is 1. The zero-order valence-electron chi connectivity index (χ0n) is 19.2. The lowest BCUT2D eigenvalue weighted by atomic mass is 10.0. The molecule has 0 aliphatic rings. The molecule has 5 unspecified atom stereocenters. The minimum atomic E-state index is -1.49. The van der Waals surface area contributed by atoms with E-state index in [1.54, 1.807) is 13.8 Å². The average molecular weight is 476 g/mol. The summed E-state index contributed by atoms with van der Waals surface area (Å²) in [5.74, 6) is -3.97. The van der Waals surface area contributed by atoms with Gasteiger partial charge in [-0.2, -0.15) is 0 Å². The smallest absolute Gasteiger partial charge is 0.326 e. The number of nitrogens with one attached hydrogen (secondary N) is 3. The summed E-state index contributed by atoms with van der Waals surface area (Å²) in [7, 11) is 0. The van der Waals surface area contributed by atoms with Crippen molar-refractivity contribution in [3.63, 3.8) is 0 Å². The number of carbonyl (C=O) groups is 4. The third-order valence-electron chi connectivity index (χ3n) is 4.50. The monoisotopic (exact) mass is 475 g/mol. The van der Waals surface area contributed by atoms with Crippen molar-refractivity contribution < 1.29 is 34.5 Å². The van der Waals surface area contributed by atoms with Gasteiger partial charge in [-0.25, -0.2) is 4.79 Å². The standard InChI is InChI=1S/C19H37N7O7/c1-9(2)7-13(18(32)33)25-17(31)14(10(3)28)26-16(30)12(5-4-6-23-19(21)22)24-15(29)11(20)8-27/h9-14,27-28H,4-8,20H2,1-3H3,(H,24,29)(H,25,31)(H,26,30)(H,32,33)(H4,21,22,23). The lowest BCUT2D eigenvalue weighted by Crippen LogP contribution is -2.60. The predicted molar refractivity (Wildman–Crippen MR) is 120 cm³/mol. The van der Waals surface area contributed by atoms with Crippen molar-refractivity contribution in [1.29, 1.82) is 0 Å². The molecule has 0 fully saturated rings. The highest BCUT2D eigenvalue weighted by atomic mass is 16.4. The van der Waals surface area contributed by atoms with E-state index in [4.69, 9.17) is 22.3 Å². The number of aliphatic carboxylic acids is 1. The second-order valence-electron chi connectivity index (χ2n) is 8.05. The van der Waals surface area contributed by atoms with E-state index in [0.29, 0.717) is 0 Å². The highest BCUT2D eigenvalue weighted by molar-refractivity contribution is 5.94. The van der Waals surface area contributed by atoms with Gasteiger partial charge in [-0.3, -0.25) is 19.4 Å². The number of carbonyl (C=O) groups excluding carboxylic acids is 3. The largest absolute Gasteiger partial charge is 0.480 e. The number of nitrogens with zero attached hydrogens (tertiary/aromatic N) is 1. The first-order chi connectivity index (χ1) is 15.3. The van der Waals surface area contributed by atoms with E-state index in [1.165, 1.54) is 6.92 Å². The molecular formula is C19H37N7O7. The van der Waals surface area contributed by atoms with Crippen molar-refractivity contribution in [2.24, 2.45) is 28.1 Å². The summed E-state index contributed by atoms with van der Waals surface area (Å²) in [4.78, 5) is 52.7. The van der Waals surface area contributed by atoms with Gasteiger partial charge in [-0.15, -0.1) is 0 Å². The molecule has 0 aromatic heterocycles. The highest BCUT2D eigenvalue weighted by Gasteiger charge is 2.32. The van der Waals surface area contributed by atoms with Gasteiger partial charge >= 0.3 is 5.97 Å². The van der Waals surface area contributed by atoms with Crippen LogP contribution in [-0.2, 0) is 19.2 Å². The van der Waals surface area contributed by atoms with E-state index in [0.717, 1.165) is 0 Å². The lowest BCUT2D eigenvalue weighted by molar-refractivity contribution is -0.143. The maximum Gasteiger partial charge on any atom is 0.326 e. The van der Waals surface area contributed by atoms with Crippen molar-refractivity contribution in [3.05, 3.63) is 0 Å². The van der Waals surface area contributed by atoms with Gasteiger partial charge in [0, 0.05) is 6.54 Å². The van der Waals surface area contributed by atoms with E-state index < -0.39 is 60.6 Å². The first-order valence-corrected chi connectivity index (χ1v) is 10.5. The molecule has 0 heterocycles. The molecular weight excluding hydrogens is 438 g/mol. The number of hydrogen-bond acceptors (Lipinski definition) is 8. The topological polar surface area (TPSA) is 255 Å². The van der Waals surface area contributed by atoms with Crippen molar-refractivity contribution >= 4 is 29.7 Å². The fraction of sp³-hybridized carbons (Fsp3) is 0.737. The normalized spacial score (nSPS) is 15.5. The van der Waals surface area contributed by atoms with Gasteiger partial charge in [0.05, 0.1) is 12.7 Å². The van der Waals surface area contributed by atoms with Gasteiger partial charge in [0.1, 0.15) is 24.2 Å². The minimum absolute atomic E-state index is 0.0356. The molecule has 12 N–H and O–H groups in total. The highest BCUT2D eigenvalue weighted by Crippen LogP contribution is 2.07. The molecule has 0 rings (SSSR count). The van der Waals surface area contributed by atoms with Crippen LogP contribution in [0.5, 0.6) is 0 Å². The third-order valence-corrected chi connectivity index (χ3v) is 4.50. The molecule has 33 heavy (non-hydrogen) atoms. The Balaban J connectivity index is 5.45. The maximum absolute atomic E-state index is 12.8. The molecule has 190 valence electrons. The molecule has 0 spiro atoms. The van der Waals surface area contributed by atoms with Crippen LogP contribution < -0.4 is 33.2 Å². The Hall–Kier alpha value is -2.97. The summed E-state index contributed by atoms with van der Waals surface area (Å²) in [5.41, 5.74) is 16.0. The molecule has 0 saturated carbocycles. The molecule has 0 bridgehead atoms. The van der Waals surface area contributed by atoms with Gasteiger partial charge < -0.3 is 48.5 Å². The van der Waals surface area contributed by atoms with Crippen LogP contribution in [0.3, 0.4) is 0 Å². The number of guanidine groups is 1. The molecule has 0 aromatic rings. The van der Waals surface area contributed by atoms with E-state index in [-0.39, 0.29) is 37.7 Å².